The standard InChI is InChI=1S/C22H18FN5O3S2/c23-16-8-4-5-9-17(16)31-12-18-26-27-22(28(18)14-6-2-1-3-7-14)33-13-19(29)25-21-15(20(24)30)10-11-32-21/h1-11H,12-13H2,(H2,24,30)(H,25,29). The lowest BCUT2D eigenvalue weighted by atomic mass is 10.3. The lowest BCUT2D eigenvalue weighted by Crippen LogP contribution is -2.18. The van der Waals surface area contributed by atoms with Crippen LogP contribution in [0.25, 0.3) is 5.69 Å². The first-order valence-electron chi connectivity index (χ1n) is 9.70. The average molecular weight is 484 g/mol. The van der Waals surface area contributed by atoms with Gasteiger partial charge in [0.05, 0.1) is 11.3 Å². The molecule has 0 aliphatic carbocycles. The normalized spacial score (nSPS) is 10.7. The fraction of sp³-hybridized carbons (Fsp3) is 0.0909. The molecule has 4 rings (SSSR count). The fourth-order valence-corrected chi connectivity index (χ4v) is 4.50. The minimum atomic E-state index is -0.609. The molecule has 11 heteroatoms. The van der Waals surface area contributed by atoms with E-state index in [0.29, 0.717) is 16.0 Å². The zero-order chi connectivity index (χ0) is 23.2. The Labute approximate surface area is 196 Å². The van der Waals surface area contributed by atoms with E-state index in [1.807, 2.05) is 30.3 Å². The number of benzene rings is 2. The summed E-state index contributed by atoms with van der Waals surface area (Å²) >= 11 is 2.38. The number of halogens is 1. The molecule has 0 aliphatic rings. The number of aromatic nitrogens is 3. The van der Waals surface area contributed by atoms with Crippen LogP contribution in [0, 0.1) is 5.82 Å². The molecular weight excluding hydrogens is 465 g/mol. The number of rotatable bonds is 9. The van der Waals surface area contributed by atoms with Gasteiger partial charge in [0, 0.05) is 5.69 Å². The zero-order valence-electron chi connectivity index (χ0n) is 17.1. The Hall–Kier alpha value is -3.70. The van der Waals surface area contributed by atoms with E-state index >= 15 is 0 Å². The topological polar surface area (TPSA) is 112 Å². The smallest absolute Gasteiger partial charge is 0.251 e. The van der Waals surface area contributed by atoms with Crippen LogP contribution in [0.3, 0.4) is 0 Å². The molecule has 0 atom stereocenters. The maximum atomic E-state index is 13.9. The summed E-state index contributed by atoms with van der Waals surface area (Å²) in [6.07, 6.45) is 0. The first kappa shape index (κ1) is 22.5. The minimum absolute atomic E-state index is 0.0211. The molecule has 2 aromatic heterocycles. The van der Waals surface area contributed by atoms with Crippen LogP contribution >= 0.6 is 23.1 Å². The zero-order valence-corrected chi connectivity index (χ0v) is 18.7. The van der Waals surface area contributed by atoms with E-state index < -0.39 is 11.7 Å². The van der Waals surface area contributed by atoms with Crippen molar-refractivity contribution < 1.29 is 18.7 Å². The molecule has 4 aromatic rings. The van der Waals surface area contributed by atoms with E-state index in [9.17, 15) is 14.0 Å². The molecule has 0 aliphatic heterocycles. The van der Waals surface area contributed by atoms with E-state index in [4.69, 9.17) is 10.5 Å². The Bertz CT molecular complexity index is 1280. The summed E-state index contributed by atoms with van der Waals surface area (Å²) in [5.74, 6) is -0.830. The van der Waals surface area contributed by atoms with Gasteiger partial charge in [-0.05, 0) is 35.7 Å². The van der Waals surface area contributed by atoms with Gasteiger partial charge in [-0.25, -0.2) is 4.39 Å². The molecule has 168 valence electrons. The summed E-state index contributed by atoms with van der Waals surface area (Å²) in [5.41, 5.74) is 6.35. The van der Waals surface area contributed by atoms with Crippen molar-refractivity contribution >= 4 is 39.9 Å². The van der Waals surface area contributed by atoms with Crippen molar-refractivity contribution in [2.24, 2.45) is 5.73 Å². The van der Waals surface area contributed by atoms with Crippen molar-refractivity contribution in [3.05, 3.63) is 83.2 Å². The van der Waals surface area contributed by atoms with E-state index in [1.54, 1.807) is 28.1 Å². The highest BCUT2D eigenvalue weighted by Crippen LogP contribution is 2.26. The summed E-state index contributed by atoms with van der Waals surface area (Å²) in [6, 6.07) is 17.0. The largest absolute Gasteiger partial charge is 0.483 e. The molecule has 2 amide bonds. The van der Waals surface area contributed by atoms with E-state index in [0.717, 1.165) is 5.69 Å². The predicted molar refractivity (Wildman–Crippen MR) is 124 cm³/mol. The van der Waals surface area contributed by atoms with Gasteiger partial charge >= 0.3 is 0 Å². The Kier molecular flexibility index (Phi) is 7.01. The number of hydrogen-bond donors (Lipinski definition) is 2. The monoisotopic (exact) mass is 483 g/mol. The summed E-state index contributed by atoms with van der Waals surface area (Å²) in [6.45, 7) is -0.0211. The second kappa shape index (κ2) is 10.3. The summed E-state index contributed by atoms with van der Waals surface area (Å²) in [5, 5.41) is 13.6. The lowest BCUT2D eigenvalue weighted by molar-refractivity contribution is -0.113. The summed E-state index contributed by atoms with van der Waals surface area (Å²) in [4.78, 5) is 23.9. The van der Waals surface area contributed by atoms with Gasteiger partial charge in [-0.3, -0.25) is 14.2 Å². The Morgan fingerprint density at radius 2 is 1.85 bits per heavy atom. The second-order valence-electron chi connectivity index (χ2n) is 6.65. The number of carbonyl (C=O) groups is 2. The molecule has 2 aromatic carbocycles. The van der Waals surface area contributed by atoms with Crippen molar-refractivity contribution in [1.82, 2.24) is 14.8 Å². The van der Waals surface area contributed by atoms with Crippen LogP contribution < -0.4 is 15.8 Å². The molecule has 0 fully saturated rings. The van der Waals surface area contributed by atoms with E-state index in [1.165, 1.54) is 35.2 Å². The Balaban J connectivity index is 1.50. The van der Waals surface area contributed by atoms with Crippen molar-refractivity contribution in [3.8, 4) is 11.4 Å². The SMILES string of the molecule is NC(=O)c1ccsc1NC(=O)CSc1nnc(COc2ccccc2F)n1-c1ccccc1. The number of thiophene rings is 1. The van der Waals surface area contributed by atoms with E-state index in [2.05, 4.69) is 15.5 Å². The van der Waals surface area contributed by atoms with Crippen LogP contribution in [-0.2, 0) is 11.4 Å². The van der Waals surface area contributed by atoms with Gasteiger partial charge in [0.2, 0.25) is 5.91 Å². The van der Waals surface area contributed by atoms with Gasteiger partial charge in [0.25, 0.3) is 5.91 Å². The molecule has 33 heavy (non-hydrogen) atoms. The number of nitrogens with one attached hydrogen (secondary N) is 1. The average Bonchev–Trinajstić information content (AvgIpc) is 3.44. The third kappa shape index (κ3) is 5.38. The molecule has 0 radical (unpaired) electrons. The van der Waals surface area contributed by atoms with Gasteiger partial charge in [0.15, 0.2) is 22.5 Å². The van der Waals surface area contributed by atoms with Crippen LogP contribution in [0.2, 0.25) is 0 Å². The van der Waals surface area contributed by atoms with Crippen molar-refractivity contribution in [2.45, 2.75) is 11.8 Å². The number of thioether (sulfide) groups is 1. The number of amides is 2. The van der Waals surface area contributed by atoms with Crippen molar-refractivity contribution in [1.29, 1.82) is 0 Å². The number of nitrogens with zero attached hydrogens (tertiary/aromatic N) is 3. The Morgan fingerprint density at radius 3 is 2.61 bits per heavy atom. The second-order valence-corrected chi connectivity index (χ2v) is 8.51. The maximum Gasteiger partial charge on any atom is 0.251 e. The highest BCUT2D eigenvalue weighted by Gasteiger charge is 2.18. The third-order valence-electron chi connectivity index (χ3n) is 4.42. The molecule has 0 saturated heterocycles. The molecular formula is C22H18FN5O3S2. The molecule has 0 spiro atoms. The van der Waals surface area contributed by atoms with Gasteiger partial charge in [0.1, 0.15) is 11.6 Å². The maximum absolute atomic E-state index is 13.9. The quantitative estimate of drug-likeness (QED) is 0.350. The highest BCUT2D eigenvalue weighted by atomic mass is 32.2. The van der Waals surface area contributed by atoms with Crippen LogP contribution in [0.4, 0.5) is 9.39 Å². The summed E-state index contributed by atoms with van der Waals surface area (Å²) in [7, 11) is 0. The minimum Gasteiger partial charge on any atom is -0.483 e. The van der Waals surface area contributed by atoms with Crippen LogP contribution in [0.15, 0.2) is 71.2 Å². The number of para-hydroxylation sites is 2. The van der Waals surface area contributed by atoms with Crippen LogP contribution in [-0.4, -0.2) is 32.3 Å². The van der Waals surface area contributed by atoms with E-state index in [-0.39, 0.29) is 29.6 Å². The van der Waals surface area contributed by atoms with Crippen molar-refractivity contribution in [2.75, 3.05) is 11.1 Å². The number of anilines is 1. The number of carbonyl (C=O) groups excluding carboxylic acids is 2. The number of ether oxygens (including phenoxy) is 1. The number of hydrogen-bond acceptors (Lipinski definition) is 7. The molecule has 0 bridgehead atoms. The van der Waals surface area contributed by atoms with Crippen molar-refractivity contribution in [3.63, 3.8) is 0 Å². The number of primary amides is 1. The molecule has 8 nitrogen and oxygen atoms in total. The first-order chi connectivity index (χ1) is 16.0. The lowest BCUT2D eigenvalue weighted by Gasteiger charge is -2.11. The highest BCUT2D eigenvalue weighted by molar-refractivity contribution is 7.99. The molecule has 0 unspecified atom stereocenters. The van der Waals surface area contributed by atoms with Gasteiger partial charge in [-0.15, -0.1) is 21.5 Å². The number of nitrogens with two attached hydrogens (primary N) is 1. The first-order valence-corrected chi connectivity index (χ1v) is 11.6. The fourth-order valence-electron chi connectivity index (χ4n) is 2.92. The van der Waals surface area contributed by atoms with Gasteiger partial charge < -0.3 is 15.8 Å². The molecule has 0 saturated carbocycles. The van der Waals surface area contributed by atoms with Gasteiger partial charge in [-0.2, -0.15) is 0 Å². The molecule has 3 N–H and O–H groups in total. The predicted octanol–water partition coefficient (Wildman–Crippen LogP) is 3.88. The summed E-state index contributed by atoms with van der Waals surface area (Å²) < 4.78 is 21.3. The Morgan fingerprint density at radius 1 is 1.09 bits per heavy atom. The van der Waals surface area contributed by atoms with Crippen LogP contribution in [0.5, 0.6) is 5.75 Å². The third-order valence-corrected chi connectivity index (χ3v) is 6.18. The van der Waals surface area contributed by atoms with Crippen LogP contribution in [0.1, 0.15) is 16.2 Å². The molecule has 2 heterocycles. The van der Waals surface area contributed by atoms with Gasteiger partial charge in [-0.1, -0.05) is 42.1 Å².